The molecule has 3 nitrogen and oxygen atoms in total. The maximum atomic E-state index is 4.66. The maximum absolute atomic E-state index is 4.66. The Hall–Kier alpha value is -0.450. The van der Waals surface area contributed by atoms with E-state index in [1.54, 1.807) is 11.3 Å². The molecule has 2 aliphatic rings. The van der Waals surface area contributed by atoms with Gasteiger partial charge in [-0.1, -0.05) is 26.2 Å². The van der Waals surface area contributed by atoms with E-state index in [0.29, 0.717) is 11.6 Å². The average Bonchev–Trinajstić information content (AvgIpc) is 2.85. The van der Waals surface area contributed by atoms with E-state index in [9.17, 15) is 0 Å². The number of aryl methyl sites for hydroxylation is 1. The minimum Gasteiger partial charge on any atom is -0.308 e. The number of hydrogen-bond acceptors (Lipinski definition) is 4. The summed E-state index contributed by atoms with van der Waals surface area (Å²) in [6.07, 6.45) is 8.16. The summed E-state index contributed by atoms with van der Waals surface area (Å²) in [5.74, 6) is 0. The average molecular weight is 293 g/mol. The molecule has 2 heterocycles. The fourth-order valence-electron chi connectivity index (χ4n) is 3.88. The third-order valence-corrected chi connectivity index (χ3v) is 5.87. The van der Waals surface area contributed by atoms with Crippen LogP contribution in [0.15, 0.2) is 5.38 Å². The predicted molar refractivity (Wildman–Crippen MR) is 85.2 cm³/mol. The van der Waals surface area contributed by atoms with Crippen LogP contribution in [0.1, 0.15) is 56.2 Å². The molecule has 0 radical (unpaired) electrons. The standard InChI is InChI=1S/C16H27N3S/c1-3-15-9-17-16(7-5-4-6-8-16)12-19(15)10-14-11-20-13(2)18-14/h11,15,17H,3-10,12H2,1-2H3. The van der Waals surface area contributed by atoms with Crippen LogP contribution in [0.25, 0.3) is 0 Å². The summed E-state index contributed by atoms with van der Waals surface area (Å²) in [6, 6.07) is 0.671. The van der Waals surface area contributed by atoms with Gasteiger partial charge in [-0.15, -0.1) is 11.3 Å². The van der Waals surface area contributed by atoms with Gasteiger partial charge in [0.1, 0.15) is 0 Å². The van der Waals surface area contributed by atoms with Gasteiger partial charge in [0.2, 0.25) is 0 Å². The molecule has 0 amide bonds. The summed E-state index contributed by atoms with van der Waals surface area (Å²) < 4.78 is 0. The number of piperazine rings is 1. The molecule has 1 N–H and O–H groups in total. The van der Waals surface area contributed by atoms with Crippen molar-refractivity contribution in [1.29, 1.82) is 0 Å². The molecule has 20 heavy (non-hydrogen) atoms. The molecular weight excluding hydrogens is 266 g/mol. The van der Waals surface area contributed by atoms with Crippen LogP contribution in [-0.2, 0) is 6.54 Å². The Morgan fingerprint density at radius 2 is 2.20 bits per heavy atom. The van der Waals surface area contributed by atoms with E-state index in [0.717, 1.165) is 13.1 Å². The molecule has 1 atom stereocenters. The summed E-state index contributed by atoms with van der Waals surface area (Å²) in [7, 11) is 0. The Labute approximate surface area is 126 Å². The zero-order valence-electron chi connectivity index (χ0n) is 12.8. The lowest BCUT2D eigenvalue weighted by atomic mass is 9.79. The van der Waals surface area contributed by atoms with Gasteiger partial charge in [0.25, 0.3) is 0 Å². The van der Waals surface area contributed by atoms with Crippen molar-refractivity contribution in [2.45, 2.75) is 70.5 Å². The van der Waals surface area contributed by atoms with Crippen molar-refractivity contribution >= 4 is 11.3 Å². The van der Waals surface area contributed by atoms with E-state index in [4.69, 9.17) is 0 Å². The van der Waals surface area contributed by atoms with Gasteiger partial charge in [0, 0.05) is 36.6 Å². The molecule has 3 rings (SSSR count). The van der Waals surface area contributed by atoms with Crippen molar-refractivity contribution in [1.82, 2.24) is 15.2 Å². The Balaban J connectivity index is 1.71. The van der Waals surface area contributed by atoms with Gasteiger partial charge in [-0.25, -0.2) is 4.98 Å². The Morgan fingerprint density at radius 3 is 2.85 bits per heavy atom. The van der Waals surface area contributed by atoms with Crippen molar-refractivity contribution in [3.05, 3.63) is 16.1 Å². The van der Waals surface area contributed by atoms with Crippen molar-refractivity contribution in [2.24, 2.45) is 0 Å². The van der Waals surface area contributed by atoms with E-state index < -0.39 is 0 Å². The molecule has 1 spiro atoms. The Bertz CT molecular complexity index is 437. The maximum Gasteiger partial charge on any atom is 0.0897 e. The quantitative estimate of drug-likeness (QED) is 0.926. The van der Waals surface area contributed by atoms with E-state index in [2.05, 4.69) is 34.4 Å². The molecule has 112 valence electrons. The van der Waals surface area contributed by atoms with Gasteiger partial charge in [0.05, 0.1) is 10.7 Å². The van der Waals surface area contributed by atoms with E-state index in [1.807, 2.05) is 0 Å². The van der Waals surface area contributed by atoms with Gasteiger partial charge in [-0.3, -0.25) is 4.90 Å². The largest absolute Gasteiger partial charge is 0.308 e. The summed E-state index contributed by atoms with van der Waals surface area (Å²) >= 11 is 1.78. The van der Waals surface area contributed by atoms with Gasteiger partial charge >= 0.3 is 0 Å². The van der Waals surface area contributed by atoms with Gasteiger partial charge in [-0.05, 0) is 26.2 Å². The molecule has 1 aromatic heterocycles. The van der Waals surface area contributed by atoms with E-state index >= 15 is 0 Å². The number of thiazole rings is 1. The highest BCUT2D eigenvalue weighted by Crippen LogP contribution is 2.33. The third-order valence-electron chi connectivity index (χ3n) is 5.05. The molecule has 0 aromatic carbocycles. The van der Waals surface area contributed by atoms with Crippen LogP contribution in [0.2, 0.25) is 0 Å². The first kappa shape index (κ1) is 14.5. The second kappa shape index (κ2) is 6.12. The molecule has 0 bridgehead atoms. The number of nitrogens with one attached hydrogen (secondary N) is 1. The SMILES string of the molecule is CCC1CNC2(CCCCC2)CN1Cc1csc(C)n1. The lowest BCUT2D eigenvalue weighted by Crippen LogP contribution is -2.64. The molecule has 4 heteroatoms. The minimum absolute atomic E-state index is 0.398. The van der Waals surface area contributed by atoms with Crippen LogP contribution >= 0.6 is 11.3 Å². The van der Waals surface area contributed by atoms with Crippen molar-refractivity contribution in [2.75, 3.05) is 13.1 Å². The van der Waals surface area contributed by atoms with E-state index in [1.165, 1.54) is 55.8 Å². The predicted octanol–water partition coefficient (Wildman–Crippen LogP) is 3.34. The highest BCUT2D eigenvalue weighted by molar-refractivity contribution is 7.09. The molecule has 1 aliphatic heterocycles. The first-order chi connectivity index (χ1) is 9.71. The van der Waals surface area contributed by atoms with Crippen LogP contribution in [0, 0.1) is 6.92 Å². The zero-order valence-corrected chi connectivity index (χ0v) is 13.6. The van der Waals surface area contributed by atoms with Crippen LogP contribution in [0.3, 0.4) is 0 Å². The fourth-order valence-corrected chi connectivity index (χ4v) is 4.48. The Morgan fingerprint density at radius 1 is 1.40 bits per heavy atom. The summed E-state index contributed by atoms with van der Waals surface area (Å²) in [6.45, 7) is 7.81. The summed E-state index contributed by atoms with van der Waals surface area (Å²) in [5, 5.41) is 7.32. The highest BCUT2D eigenvalue weighted by Gasteiger charge is 2.39. The van der Waals surface area contributed by atoms with Crippen molar-refractivity contribution in [3.63, 3.8) is 0 Å². The summed E-state index contributed by atoms with van der Waals surface area (Å²) in [4.78, 5) is 7.35. The zero-order chi connectivity index (χ0) is 14.0. The smallest absolute Gasteiger partial charge is 0.0897 e. The van der Waals surface area contributed by atoms with Crippen LogP contribution in [0.5, 0.6) is 0 Å². The van der Waals surface area contributed by atoms with Gasteiger partial charge < -0.3 is 5.32 Å². The summed E-state index contributed by atoms with van der Waals surface area (Å²) in [5.41, 5.74) is 1.66. The van der Waals surface area contributed by atoms with Crippen LogP contribution < -0.4 is 5.32 Å². The molecule has 1 unspecified atom stereocenters. The second-order valence-corrected chi connectivity index (χ2v) is 7.61. The molecule has 1 aliphatic carbocycles. The lowest BCUT2D eigenvalue weighted by Gasteiger charge is -2.49. The second-order valence-electron chi connectivity index (χ2n) is 6.55. The molecular formula is C16H27N3S. The molecule has 1 saturated carbocycles. The number of hydrogen-bond donors (Lipinski definition) is 1. The van der Waals surface area contributed by atoms with Crippen molar-refractivity contribution < 1.29 is 0 Å². The van der Waals surface area contributed by atoms with Gasteiger partial charge in [-0.2, -0.15) is 0 Å². The lowest BCUT2D eigenvalue weighted by molar-refractivity contribution is 0.0477. The Kier molecular flexibility index (Phi) is 4.43. The monoisotopic (exact) mass is 293 g/mol. The molecule has 1 aromatic rings. The molecule has 2 fully saturated rings. The van der Waals surface area contributed by atoms with Crippen molar-refractivity contribution in [3.8, 4) is 0 Å². The van der Waals surface area contributed by atoms with Gasteiger partial charge in [0.15, 0.2) is 0 Å². The first-order valence-corrected chi connectivity index (χ1v) is 8.99. The molecule has 1 saturated heterocycles. The minimum atomic E-state index is 0.398. The third kappa shape index (κ3) is 3.07. The fraction of sp³-hybridized carbons (Fsp3) is 0.812. The van der Waals surface area contributed by atoms with E-state index in [-0.39, 0.29) is 0 Å². The number of nitrogens with zero attached hydrogens (tertiary/aromatic N) is 2. The normalized spacial score (nSPS) is 27.0. The number of aromatic nitrogens is 1. The topological polar surface area (TPSA) is 28.2 Å². The highest BCUT2D eigenvalue weighted by atomic mass is 32.1. The van der Waals surface area contributed by atoms with Crippen LogP contribution in [-0.4, -0.2) is 34.6 Å². The van der Waals surface area contributed by atoms with Crippen LogP contribution in [0.4, 0.5) is 0 Å². The first-order valence-electron chi connectivity index (χ1n) is 8.11. The number of rotatable bonds is 3.